The minimum atomic E-state index is -4.18. The summed E-state index contributed by atoms with van der Waals surface area (Å²) in [6.07, 6.45) is 2.01. The summed E-state index contributed by atoms with van der Waals surface area (Å²) in [5.41, 5.74) is 0. The van der Waals surface area contributed by atoms with Crippen LogP contribution in [-0.2, 0) is 10.0 Å². The molecule has 1 aromatic carbocycles. The van der Waals surface area contributed by atoms with Gasteiger partial charge in [0.15, 0.2) is 11.6 Å². The van der Waals surface area contributed by atoms with Crippen molar-refractivity contribution < 1.29 is 21.6 Å². The van der Waals surface area contributed by atoms with E-state index in [1.165, 1.54) is 4.31 Å². The van der Waals surface area contributed by atoms with Crippen LogP contribution in [0.1, 0.15) is 19.3 Å². The molecule has 2 unspecified atom stereocenters. The molecule has 4 nitrogen and oxygen atoms in total. The van der Waals surface area contributed by atoms with Crippen LogP contribution in [0, 0.1) is 17.5 Å². The highest BCUT2D eigenvalue weighted by molar-refractivity contribution is 7.89. The van der Waals surface area contributed by atoms with E-state index in [9.17, 15) is 21.6 Å². The monoisotopic (exact) mass is 320 g/mol. The number of hydrogen-bond acceptors (Lipinski definition) is 3. The normalized spacial score (nSPS) is 26.8. The first-order chi connectivity index (χ1) is 9.91. The summed E-state index contributed by atoms with van der Waals surface area (Å²) >= 11 is 0. The van der Waals surface area contributed by atoms with E-state index in [1.54, 1.807) is 0 Å². The summed E-state index contributed by atoms with van der Waals surface area (Å²) in [5, 5.41) is 3.13. The molecule has 0 saturated carbocycles. The van der Waals surface area contributed by atoms with Gasteiger partial charge in [-0.05, 0) is 31.9 Å². The lowest BCUT2D eigenvalue weighted by atomic mass is 10.1. The van der Waals surface area contributed by atoms with E-state index in [0.717, 1.165) is 0 Å². The van der Waals surface area contributed by atoms with E-state index in [0.29, 0.717) is 38.4 Å². The average molecular weight is 320 g/mol. The molecule has 2 heterocycles. The lowest BCUT2D eigenvalue weighted by molar-refractivity contribution is 0.332. The van der Waals surface area contributed by atoms with Crippen LogP contribution in [0.5, 0.6) is 0 Å². The van der Waals surface area contributed by atoms with Gasteiger partial charge in [-0.1, -0.05) is 0 Å². The maximum absolute atomic E-state index is 13.8. The van der Waals surface area contributed by atoms with Gasteiger partial charge in [0.05, 0.1) is 0 Å². The maximum atomic E-state index is 13.8. The largest absolute Gasteiger partial charge is 0.315 e. The van der Waals surface area contributed by atoms with E-state index >= 15 is 0 Å². The second-order valence-electron chi connectivity index (χ2n) is 5.41. The molecule has 0 aliphatic carbocycles. The second-order valence-corrected chi connectivity index (χ2v) is 7.22. The molecular formula is C13H15F3N2O2S. The van der Waals surface area contributed by atoms with E-state index in [2.05, 4.69) is 5.32 Å². The van der Waals surface area contributed by atoms with Crippen molar-refractivity contribution in [3.05, 3.63) is 29.6 Å². The van der Waals surface area contributed by atoms with Gasteiger partial charge in [0.1, 0.15) is 10.7 Å². The van der Waals surface area contributed by atoms with Crippen molar-refractivity contribution in [2.75, 3.05) is 13.1 Å². The molecule has 0 spiro atoms. The summed E-state index contributed by atoms with van der Waals surface area (Å²) in [6, 6.07) is 0.218. The summed E-state index contributed by atoms with van der Waals surface area (Å²) in [7, 11) is -4.18. The van der Waals surface area contributed by atoms with Gasteiger partial charge in [-0.2, -0.15) is 4.31 Å². The van der Waals surface area contributed by atoms with E-state index < -0.39 is 32.4 Å². The third-order valence-corrected chi connectivity index (χ3v) is 6.14. The molecule has 2 aliphatic rings. The molecule has 1 N–H and O–H groups in total. The van der Waals surface area contributed by atoms with Crippen molar-refractivity contribution in [2.45, 2.75) is 36.2 Å². The topological polar surface area (TPSA) is 49.4 Å². The van der Waals surface area contributed by atoms with Crippen LogP contribution in [0.2, 0.25) is 0 Å². The zero-order valence-electron chi connectivity index (χ0n) is 11.2. The highest BCUT2D eigenvalue weighted by atomic mass is 32.2. The van der Waals surface area contributed by atoms with Crippen LogP contribution in [0.15, 0.2) is 17.0 Å². The Kier molecular flexibility index (Phi) is 3.71. The summed E-state index contributed by atoms with van der Waals surface area (Å²) in [6.45, 7) is 1.18. The van der Waals surface area contributed by atoms with Gasteiger partial charge in [0, 0.05) is 24.7 Å². The zero-order chi connectivity index (χ0) is 15.2. The number of sulfonamides is 1. The number of halogens is 3. The molecule has 2 bridgehead atoms. The second kappa shape index (κ2) is 5.26. The van der Waals surface area contributed by atoms with E-state index in [1.807, 2.05) is 0 Å². The predicted molar refractivity (Wildman–Crippen MR) is 69.6 cm³/mol. The van der Waals surface area contributed by atoms with Crippen LogP contribution in [0.3, 0.4) is 0 Å². The van der Waals surface area contributed by atoms with E-state index in [-0.39, 0.29) is 18.2 Å². The Bertz CT molecular complexity index is 652. The first kappa shape index (κ1) is 14.8. The molecule has 21 heavy (non-hydrogen) atoms. The number of benzene rings is 1. The van der Waals surface area contributed by atoms with Crippen LogP contribution in [0.4, 0.5) is 13.2 Å². The molecule has 2 fully saturated rings. The third-order valence-electron chi connectivity index (χ3n) is 4.12. The number of fused-ring (bicyclic) bond motifs is 2. The van der Waals surface area contributed by atoms with Crippen LogP contribution >= 0.6 is 0 Å². The number of hydrogen-bond donors (Lipinski definition) is 1. The lowest BCUT2D eigenvalue weighted by Crippen LogP contribution is -2.42. The van der Waals surface area contributed by atoms with Crippen LogP contribution < -0.4 is 5.32 Å². The SMILES string of the molecule is O=S(=O)(c1cc(F)c(F)cc1F)N1C2CCNCC1CC2. The molecule has 0 radical (unpaired) electrons. The molecule has 8 heteroatoms. The van der Waals surface area contributed by atoms with E-state index in [4.69, 9.17) is 0 Å². The fraction of sp³-hybridized carbons (Fsp3) is 0.538. The predicted octanol–water partition coefficient (Wildman–Crippen LogP) is 1.62. The average Bonchev–Trinajstić information content (AvgIpc) is 2.68. The van der Waals surface area contributed by atoms with Crippen molar-refractivity contribution >= 4 is 10.0 Å². The van der Waals surface area contributed by atoms with Crippen molar-refractivity contribution in [2.24, 2.45) is 0 Å². The molecule has 2 atom stereocenters. The minimum absolute atomic E-state index is 0.220. The highest BCUT2D eigenvalue weighted by Crippen LogP contribution is 2.34. The van der Waals surface area contributed by atoms with Gasteiger partial charge in [0.25, 0.3) is 0 Å². The molecule has 1 aromatic rings. The molecule has 116 valence electrons. The quantitative estimate of drug-likeness (QED) is 0.843. The molecular weight excluding hydrogens is 305 g/mol. The Labute approximate surface area is 121 Å². The van der Waals surface area contributed by atoms with Gasteiger partial charge < -0.3 is 5.32 Å². The highest BCUT2D eigenvalue weighted by Gasteiger charge is 2.44. The third kappa shape index (κ3) is 2.45. The molecule has 2 aliphatic heterocycles. The summed E-state index contributed by atoms with van der Waals surface area (Å²) in [4.78, 5) is -0.791. The fourth-order valence-electron chi connectivity index (χ4n) is 3.15. The lowest BCUT2D eigenvalue weighted by Gasteiger charge is -2.27. The Morgan fingerprint density at radius 2 is 1.67 bits per heavy atom. The number of nitrogens with zero attached hydrogens (tertiary/aromatic N) is 1. The Hall–Kier alpha value is -1.12. The Balaban J connectivity index is 2.06. The van der Waals surface area contributed by atoms with Crippen molar-refractivity contribution in [1.29, 1.82) is 0 Å². The standard InChI is InChI=1S/C13H15F3N2O2S/c14-10-5-12(16)13(6-11(10)15)21(19,20)18-8-1-2-9(18)7-17-4-3-8/h5-6,8-9,17H,1-4,7H2. The van der Waals surface area contributed by atoms with Crippen molar-refractivity contribution in [1.82, 2.24) is 9.62 Å². The Morgan fingerprint density at radius 3 is 2.43 bits per heavy atom. The summed E-state index contributed by atoms with van der Waals surface area (Å²) in [5.74, 6) is -4.02. The van der Waals surface area contributed by atoms with Gasteiger partial charge in [-0.15, -0.1) is 0 Å². The van der Waals surface area contributed by atoms with Gasteiger partial charge in [0.2, 0.25) is 10.0 Å². The Morgan fingerprint density at radius 1 is 1.00 bits per heavy atom. The zero-order valence-corrected chi connectivity index (χ0v) is 12.0. The van der Waals surface area contributed by atoms with Crippen LogP contribution in [0.25, 0.3) is 0 Å². The van der Waals surface area contributed by atoms with Gasteiger partial charge in [-0.25, -0.2) is 21.6 Å². The van der Waals surface area contributed by atoms with Gasteiger partial charge >= 0.3 is 0 Å². The first-order valence-corrected chi connectivity index (χ1v) is 8.24. The molecule has 0 amide bonds. The van der Waals surface area contributed by atoms with Gasteiger partial charge in [-0.3, -0.25) is 0 Å². The summed E-state index contributed by atoms with van der Waals surface area (Å²) < 4.78 is 66.7. The smallest absolute Gasteiger partial charge is 0.246 e. The number of rotatable bonds is 2. The van der Waals surface area contributed by atoms with Crippen molar-refractivity contribution in [3.8, 4) is 0 Å². The molecule has 3 rings (SSSR count). The minimum Gasteiger partial charge on any atom is -0.315 e. The van der Waals surface area contributed by atoms with Crippen molar-refractivity contribution in [3.63, 3.8) is 0 Å². The first-order valence-electron chi connectivity index (χ1n) is 6.80. The number of nitrogens with one attached hydrogen (secondary N) is 1. The van der Waals surface area contributed by atoms with Crippen LogP contribution in [-0.4, -0.2) is 37.9 Å². The molecule has 0 aromatic heterocycles. The maximum Gasteiger partial charge on any atom is 0.246 e. The molecule has 2 saturated heterocycles. The fourth-order valence-corrected chi connectivity index (χ4v) is 5.11.